The zero-order valence-electron chi connectivity index (χ0n) is 11.6. The van der Waals surface area contributed by atoms with Gasteiger partial charge < -0.3 is 10.1 Å². The van der Waals surface area contributed by atoms with Gasteiger partial charge in [-0.2, -0.15) is 0 Å². The van der Waals surface area contributed by atoms with Crippen molar-refractivity contribution in [2.75, 3.05) is 11.9 Å². The van der Waals surface area contributed by atoms with Crippen LogP contribution in [0.4, 0.5) is 5.69 Å². The van der Waals surface area contributed by atoms with Crippen LogP contribution in [0.25, 0.3) is 0 Å². The molecule has 0 aromatic heterocycles. The van der Waals surface area contributed by atoms with Crippen LogP contribution < -0.4 is 10.1 Å². The van der Waals surface area contributed by atoms with E-state index in [1.54, 1.807) is 0 Å². The SMILES string of the molecule is C#CCOc1ccccc1CNc1c(Br)cc(C)cc1Br. The molecule has 0 saturated carbocycles. The molecule has 0 amide bonds. The van der Waals surface area contributed by atoms with Gasteiger partial charge in [0.25, 0.3) is 0 Å². The van der Waals surface area contributed by atoms with Crippen LogP contribution in [-0.2, 0) is 6.54 Å². The Labute approximate surface area is 142 Å². The molecule has 21 heavy (non-hydrogen) atoms. The second-order valence-corrected chi connectivity index (χ2v) is 6.27. The summed E-state index contributed by atoms with van der Waals surface area (Å²) in [6.07, 6.45) is 5.24. The highest BCUT2D eigenvalue weighted by Crippen LogP contribution is 2.33. The summed E-state index contributed by atoms with van der Waals surface area (Å²) in [4.78, 5) is 0. The van der Waals surface area contributed by atoms with Crippen molar-refractivity contribution in [1.82, 2.24) is 0 Å². The minimum Gasteiger partial charge on any atom is -0.481 e. The number of terminal acetylenes is 1. The molecule has 0 aliphatic heterocycles. The predicted molar refractivity (Wildman–Crippen MR) is 94.7 cm³/mol. The first kappa shape index (κ1) is 15.9. The Bertz CT molecular complexity index is 654. The van der Waals surface area contributed by atoms with Gasteiger partial charge in [-0.05, 0) is 62.5 Å². The van der Waals surface area contributed by atoms with Crippen molar-refractivity contribution in [1.29, 1.82) is 0 Å². The number of anilines is 1. The smallest absolute Gasteiger partial charge is 0.148 e. The summed E-state index contributed by atoms with van der Waals surface area (Å²) in [6, 6.07) is 12.0. The second kappa shape index (κ2) is 7.53. The highest BCUT2D eigenvalue weighted by Gasteiger charge is 2.08. The summed E-state index contributed by atoms with van der Waals surface area (Å²) >= 11 is 7.16. The van der Waals surface area contributed by atoms with E-state index in [1.807, 2.05) is 24.3 Å². The molecule has 2 aromatic carbocycles. The molecule has 0 aliphatic rings. The fourth-order valence-corrected chi connectivity index (χ4v) is 3.66. The molecule has 0 atom stereocenters. The lowest BCUT2D eigenvalue weighted by atomic mass is 10.2. The van der Waals surface area contributed by atoms with Crippen LogP contribution in [0.15, 0.2) is 45.3 Å². The Morgan fingerprint density at radius 3 is 2.52 bits per heavy atom. The minimum absolute atomic E-state index is 0.273. The van der Waals surface area contributed by atoms with Gasteiger partial charge in [-0.25, -0.2) is 0 Å². The van der Waals surface area contributed by atoms with Crippen molar-refractivity contribution >= 4 is 37.5 Å². The van der Waals surface area contributed by atoms with E-state index in [0.29, 0.717) is 6.54 Å². The van der Waals surface area contributed by atoms with Gasteiger partial charge in [0.1, 0.15) is 12.4 Å². The maximum atomic E-state index is 5.55. The number of para-hydroxylation sites is 1. The molecule has 0 spiro atoms. The van der Waals surface area contributed by atoms with Crippen molar-refractivity contribution in [2.24, 2.45) is 0 Å². The quantitative estimate of drug-likeness (QED) is 0.691. The second-order valence-electron chi connectivity index (χ2n) is 4.56. The third-order valence-corrected chi connectivity index (χ3v) is 4.18. The molecule has 0 bridgehead atoms. The molecular weight excluding hydrogens is 394 g/mol. The molecule has 2 nitrogen and oxygen atoms in total. The van der Waals surface area contributed by atoms with Crippen molar-refractivity contribution in [3.63, 3.8) is 0 Å². The van der Waals surface area contributed by atoms with E-state index in [4.69, 9.17) is 11.2 Å². The van der Waals surface area contributed by atoms with Gasteiger partial charge in [0.15, 0.2) is 0 Å². The third-order valence-electron chi connectivity index (χ3n) is 2.93. The van der Waals surface area contributed by atoms with Gasteiger partial charge in [0, 0.05) is 21.1 Å². The largest absolute Gasteiger partial charge is 0.481 e. The van der Waals surface area contributed by atoms with Crippen molar-refractivity contribution in [3.05, 3.63) is 56.5 Å². The summed E-state index contributed by atoms with van der Waals surface area (Å²) in [5, 5.41) is 3.42. The van der Waals surface area contributed by atoms with Gasteiger partial charge in [-0.15, -0.1) is 6.42 Å². The van der Waals surface area contributed by atoms with Crippen LogP contribution in [0.3, 0.4) is 0 Å². The summed E-state index contributed by atoms with van der Waals surface area (Å²) in [6.45, 7) is 2.98. The van der Waals surface area contributed by atoms with Gasteiger partial charge >= 0.3 is 0 Å². The number of halogens is 2. The normalized spacial score (nSPS) is 10.0. The number of ether oxygens (including phenoxy) is 1. The van der Waals surface area contributed by atoms with E-state index >= 15 is 0 Å². The third kappa shape index (κ3) is 4.26. The first-order valence-electron chi connectivity index (χ1n) is 6.45. The molecule has 0 aliphatic carbocycles. The van der Waals surface area contributed by atoms with E-state index in [-0.39, 0.29) is 6.61 Å². The Kier molecular flexibility index (Phi) is 5.72. The maximum absolute atomic E-state index is 5.55. The number of hydrogen-bond donors (Lipinski definition) is 1. The standard InChI is InChI=1S/C17H15Br2NO/c1-3-8-21-16-7-5-4-6-13(16)11-20-17-14(18)9-12(2)10-15(17)19/h1,4-7,9-10,20H,8,11H2,2H3. The zero-order chi connectivity index (χ0) is 15.2. The van der Waals surface area contributed by atoms with Crippen molar-refractivity contribution in [2.45, 2.75) is 13.5 Å². The topological polar surface area (TPSA) is 21.3 Å². The van der Waals surface area contributed by atoms with Crippen LogP contribution in [0.1, 0.15) is 11.1 Å². The lowest BCUT2D eigenvalue weighted by Crippen LogP contribution is -2.04. The molecule has 0 radical (unpaired) electrons. The molecule has 4 heteroatoms. The fourth-order valence-electron chi connectivity index (χ4n) is 1.96. The number of nitrogens with one attached hydrogen (secondary N) is 1. The van der Waals surface area contributed by atoms with Gasteiger partial charge in [0.05, 0.1) is 5.69 Å². The lowest BCUT2D eigenvalue weighted by molar-refractivity contribution is 0.366. The van der Waals surface area contributed by atoms with E-state index in [1.165, 1.54) is 5.56 Å². The molecule has 2 aromatic rings. The molecular formula is C17H15Br2NO. The Balaban J connectivity index is 2.16. The Morgan fingerprint density at radius 1 is 1.19 bits per heavy atom. The Morgan fingerprint density at radius 2 is 1.86 bits per heavy atom. The van der Waals surface area contributed by atoms with E-state index in [9.17, 15) is 0 Å². The van der Waals surface area contributed by atoms with Gasteiger partial charge in [0.2, 0.25) is 0 Å². The number of rotatable bonds is 5. The van der Waals surface area contributed by atoms with E-state index in [0.717, 1.165) is 25.9 Å². The van der Waals surface area contributed by atoms with Crippen LogP contribution >= 0.6 is 31.9 Å². The predicted octanol–water partition coefficient (Wildman–Crippen LogP) is 5.14. The van der Waals surface area contributed by atoms with Crippen LogP contribution in [0.5, 0.6) is 5.75 Å². The molecule has 0 heterocycles. The number of benzene rings is 2. The average molecular weight is 409 g/mol. The van der Waals surface area contributed by atoms with Crippen molar-refractivity contribution < 1.29 is 4.74 Å². The van der Waals surface area contributed by atoms with E-state index in [2.05, 4.69) is 62.2 Å². The summed E-state index contributed by atoms with van der Waals surface area (Å²) in [7, 11) is 0. The highest BCUT2D eigenvalue weighted by atomic mass is 79.9. The molecule has 0 fully saturated rings. The first-order chi connectivity index (χ1) is 10.1. The molecule has 2 rings (SSSR count). The number of aryl methyl sites for hydroxylation is 1. The molecule has 108 valence electrons. The van der Waals surface area contributed by atoms with Crippen LogP contribution in [0, 0.1) is 19.3 Å². The van der Waals surface area contributed by atoms with Gasteiger partial charge in [-0.1, -0.05) is 24.1 Å². The summed E-state index contributed by atoms with van der Waals surface area (Å²) < 4.78 is 7.60. The lowest BCUT2D eigenvalue weighted by Gasteiger charge is -2.14. The van der Waals surface area contributed by atoms with Crippen molar-refractivity contribution in [3.8, 4) is 18.1 Å². The fraction of sp³-hybridized carbons (Fsp3) is 0.176. The van der Waals surface area contributed by atoms with E-state index < -0.39 is 0 Å². The number of hydrogen-bond acceptors (Lipinski definition) is 2. The first-order valence-corrected chi connectivity index (χ1v) is 8.04. The summed E-state index contributed by atoms with van der Waals surface area (Å²) in [5.41, 5.74) is 3.27. The highest BCUT2D eigenvalue weighted by molar-refractivity contribution is 9.11. The zero-order valence-corrected chi connectivity index (χ0v) is 14.8. The molecule has 0 unspecified atom stereocenters. The van der Waals surface area contributed by atoms with Crippen LogP contribution in [0.2, 0.25) is 0 Å². The molecule has 0 saturated heterocycles. The average Bonchev–Trinajstić information content (AvgIpc) is 2.45. The monoisotopic (exact) mass is 407 g/mol. The molecule has 1 N–H and O–H groups in total. The van der Waals surface area contributed by atoms with Crippen LogP contribution in [-0.4, -0.2) is 6.61 Å². The van der Waals surface area contributed by atoms with Gasteiger partial charge in [-0.3, -0.25) is 0 Å². The summed E-state index contributed by atoms with van der Waals surface area (Å²) in [5.74, 6) is 3.29. The maximum Gasteiger partial charge on any atom is 0.148 e. The minimum atomic E-state index is 0.273. The Hall–Kier alpha value is -1.44.